The van der Waals surface area contributed by atoms with Gasteiger partial charge in [-0.1, -0.05) is 18.2 Å². The number of hydrogen-bond acceptors (Lipinski definition) is 4. The zero-order valence-corrected chi connectivity index (χ0v) is 14.5. The summed E-state index contributed by atoms with van der Waals surface area (Å²) in [5.41, 5.74) is 2.98. The number of benzene rings is 2. The Balaban J connectivity index is 2.11. The number of hydrogen-bond donors (Lipinski definition) is 1. The molecule has 0 heterocycles. The summed E-state index contributed by atoms with van der Waals surface area (Å²) in [7, 11) is 3.18. The van der Waals surface area contributed by atoms with Crippen LogP contribution >= 0.6 is 0 Å². The van der Waals surface area contributed by atoms with E-state index in [9.17, 15) is 9.59 Å². The number of allylic oxidation sites excluding steroid dienone is 1. The summed E-state index contributed by atoms with van der Waals surface area (Å²) in [4.78, 5) is 23.4. The van der Waals surface area contributed by atoms with Crippen LogP contribution in [0.5, 0.6) is 5.75 Å². The van der Waals surface area contributed by atoms with E-state index in [0.29, 0.717) is 17.9 Å². The fourth-order valence-electron chi connectivity index (χ4n) is 2.35. The Morgan fingerprint density at radius 2 is 1.80 bits per heavy atom. The summed E-state index contributed by atoms with van der Waals surface area (Å²) < 4.78 is 10.4. The Morgan fingerprint density at radius 1 is 1.08 bits per heavy atom. The van der Waals surface area contributed by atoms with Gasteiger partial charge in [0.2, 0.25) is 5.91 Å². The van der Waals surface area contributed by atoms with E-state index in [-0.39, 0.29) is 11.7 Å². The van der Waals surface area contributed by atoms with Gasteiger partial charge in [0.15, 0.2) is 5.78 Å². The predicted octanol–water partition coefficient (Wildman–Crippen LogP) is 3.70. The summed E-state index contributed by atoms with van der Waals surface area (Å²) in [5.74, 6) is 0.465. The maximum atomic E-state index is 12.4. The van der Waals surface area contributed by atoms with E-state index in [1.807, 2.05) is 12.1 Å². The Kier molecular flexibility index (Phi) is 6.48. The van der Waals surface area contributed by atoms with E-state index in [1.54, 1.807) is 50.6 Å². The van der Waals surface area contributed by atoms with Crippen LogP contribution < -0.4 is 10.1 Å². The van der Waals surface area contributed by atoms with Crippen LogP contribution in [0.4, 0.5) is 5.69 Å². The molecule has 0 radical (unpaired) electrons. The standard InChI is InChI=1S/C20H21NO4/c1-14(22)21-18-8-4-15(5-9-18)6-10-19(23)16-7-11-20(25-3)17(12-16)13-24-2/h4-12H,13H2,1-3H3,(H,21,22). The molecule has 2 aromatic carbocycles. The molecule has 2 aromatic rings. The first-order chi connectivity index (χ1) is 12.0. The van der Waals surface area contributed by atoms with Crippen LogP contribution in [0.3, 0.4) is 0 Å². The number of nitrogens with one attached hydrogen (secondary N) is 1. The van der Waals surface area contributed by atoms with Crippen molar-refractivity contribution in [3.8, 4) is 5.75 Å². The van der Waals surface area contributed by atoms with Gasteiger partial charge < -0.3 is 14.8 Å². The number of anilines is 1. The molecular formula is C20H21NO4. The number of ketones is 1. The Labute approximate surface area is 147 Å². The summed E-state index contributed by atoms with van der Waals surface area (Å²) >= 11 is 0. The van der Waals surface area contributed by atoms with Gasteiger partial charge in [0.05, 0.1) is 13.7 Å². The Hall–Kier alpha value is -2.92. The average Bonchev–Trinajstić information content (AvgIpc) is 2.60. The minimum atomic E-state index is -0.121. The van der Waals surface area contributed by atoms with Crippen LogP contribution in [0, 0.1) is 0 Å². The van der Waals surface area contributed by atoms with Crippen molar-refractivity contribution in [2.24, 2.45) is 0 Å². The quantitative estimate of drug-likeness (QED) is 0.617. The van der Waals surface area contributed by atoms with E-state index in [4.69, 9.17) is 9.47 Å². The predicted molar refractivity (Wildman–Crippen MR) is 97.8 cm³/mol. The van der Waals surface area contributed by atoms with Crippen molar-refractivity contribution in [1.82, 2.24) is 0 Å². The molecule has 5 heteroatoms. The van der Waals surface area contributed by atoms with E-state index in [1.165, 1.54) is 13.0 Å². The van der Waals surface area contributed by atoms with Crippen molar-refractivity contribution in [1.29, 1.82) is 0 Å². The highest BCUT2D eigenvalue weighted by molar-refractivity contribution is 6.07. The molecule has 5 nitrogen and oxygen atoms in total. The van der Waals surface area contributed by atoms with Gasteiger partial charge in [0, 0.05) is 30.8 Å². The lowest BCUT2D eigenvalue weighted by molar-refractivity contribution is -0.114. The molecule has 0 aliphatic rings. The van der Waals surface area contributed by atoms with Crippen molar-refractivity contribution in [2.45, 2.75) is 13.5 Å². The minimum absolute atomic E-state index is 0.106. The molecule has 0 aliphatic heterocycles. The number of ether oxygens (including phenoxy) is 2. The summed E-state index contributed by atoms with van der Waals surface area (Å²) in [6, 6.07) is 12.5. The van der Waals surface area contributed by atoms with Gasteiger partial charge in [-0.2, -0.15) is 0 Å². The summed E-state index contributed by atoms with van der Waals surface area (Å²) in [6.45, 7) is 1.83. The third-order valence-corrected chi connectivity index (χ3v) is 3.52. The number of amides is 1. The molecule has 0 aliphatic carbocycles. The maximum absolute atomic E-state index is 12.4. The fraction of sp³-hybridized carbons (Fsp3) is 0.200. The highest BCUT2D eigenvalue weighted by Crippen LogP contribution is 2.21. The lowest BCUT2D eigenvalue weighted by Crippen LogP contribution is -2.05. The highest BCUT2D eigenvalue weighted by Gasteiger charge is 2.08. The molecule has 0 aromatic heterocycles. The van der Waals surface area contributed by atoms with E-state index < -0.39 is 0 Å². The molecule has 0 saturated carbocycles. The second-order valence-electron chi connectivity index (χ2n) is 5.46. The smallest absolute Gasteiger partial charge is 0.221 e. The number of carbonyl (C=O) groups excluding carboxylic acids is 2. The topological polar surface area (TPSA) is 64.6 Å². The van der Waals surface area contributed by atoms with Crippen LogP contribution in [0.1, 0.15) is 28.4 Å². The molecule has 0 fully saturated rings. The molecule has 0 saturated heterocycles. The van der Waals surface area contributed by atoms with Crippen molar-refractivity contribution < 1.29 is 19.1 Å². The molecule has 1 amide bonds. The monoisotopic (exact) mass is 339 g/mol. The maximum Gasteiger partial charge on any atom is 0.221 e. The lowest BCUT2D eigenvalue weighted by Gasteiger charge is -2.08. The highest BCUT2D eigenvalue weighted by atomic mass is 16.5. The van der Waals surface area contributed by atoms with E-state index >= 15 is 0 Å². The molecule has 0 unspecified atom stereocenters. The molecule has 0 atom stereocenters. The third kappa shape index (κ3) is 5.29. The summed E-state index contributed by atoms with van der Waals surface area (Å²) in [6.07, 6.45) is 3.26. The van der Waals surface area contributed by atoms with Gasteiger partial charge in [-0.3, -0.25) is 9.59 Å². The Bertz CT molecular complexity index is 779. The second kappa shape index (κ2) is 8.80. The van der Waals surface area contributed by atoms with Crippen molar-refractivity contribution in [2.75, 3.05) is 19.5 Å². The second-order valence-corrected chi connectivity index (χ2v) is 5.46. The molecule has 0 spiro atoms. The van der Waals surface area contributed by atoms with Crippen LogP contribution in [0.2, 0.25) is 0 Å². The van der Waals surface area contributed by atoms with Gasteiger partial charge in [-0.05, 0) is 42.0 Å². The largest absolute Gasteiger partial charge is 0.496 e. The zero-order valence-electron chi connectivity index (χ0n) is 14.5. The van der Waals surface area contributed by atoms with Crippen LogP contribution in [-0.4, -0.2) is 25.9 Å². The Morgan fingerprint density at radius 3 is 2.40 bits per heavy atom. The SMILES string of the molecule is COCc1cc(C(=O)C=Cc2ccc(NC(C)=O)cc2)ccc1OC. The van der Waals surface area contributed by atoms with Gasteiger partial charge in [-0.15, -0.1) is 0 Å². The molecule has 25 heavy (non-hydrogen) atoms. The number of rotatable bonds is 7. The van der Waals surface area contributed by atoms with E-state index in [2.05, 4.69) is 5.32 Å². The molecule has 1 N–H and O–H groups in total. The van der Waals surface area contributed by atoms with Crippen molar-refractivity contribution in [3.63, 3.8) is 0 Å². The number of methoxy groups -OCH3 is 2. The number of carbonyl (C=O) groups is 2. The molecule has 2 rings (SSSR count). The van der Waals surface area contributed by atoms with Gasteiger partial charge >= 0.3 is 0 Å². The van der Waals surface area contributed by atoms with Crippen molar-refractivity contribution >= 4 is 23.5 Å². The lowest BCUT2D eigenvalue weighted by atomic mass is 10.1. The molecular weight excluding hydrogens is 318 g/mol. The first-order valence-electron chi connectivity index (χ1n) is 7.79. The van der Waals surface area contributed by atoms with Crippen LogP contribution in [0.15, 0.2) is 48.5 Å². The van der Waals surface area contributed by atoms with Gasteiger partial charge in [0.1, 0.15) is 5.75 Å². The van der Waals surface area contributed by atoms with E-state index in [0.717, 1.165) is 16.8 Å². The third-order valence-electron chi connectivity index (χ3n) is 3.52. The molecule has 130 valence electrons. The molecule has 0 bridgehead atoms. The average molecular weight is 339 g/mol. The minimum Gasteiger partial charge on any atom is -0.496 e. The first kappa shape index (κ1) is 18.4. The first-order valence-corrected chi connectivity index (χ1v) is 7.79. The van der Waals surface area contributed by atoms with Gasteiger partial charge in [0.25, 0.3) is 0 Å². The van der Waals surface area contributed by atoms with Gasteiger partial charge in [-0.25, -0.2) is 0 Å². The van der Waals surface area contributed by atoms with Crippen LogP contribution in [-0.2, 0) is 16.1 Å². The van der Waals surface area contributed by atoms with Crippen molar-refractivity contribution in [3.05, 3.63) is 65.2 Å². The zero-order chi connectivity index (χ0) is 18.2. The fourth-order valence-corrected chi connectivity index (χ4v) is 2.35. The normalized spacial score (nSPS) is 10.7. The summed E-state index contributed by atoms with van der Waals surface area (Å²) in [5, 5.41) is 2.70. The van der Waals surface area contributed by atoms with Crippen LogP contribution in [0.25, 0.3) is 6.08 Å².